The van der Waals surface area contributed by atoms with Crippen LogP contribution in [0.2, 0.25) is 0 Å². The molecule has 4 nitrogen and oxygen atoms in total. The van der Waals surface area contributed by atoms with Gasteiger partial charge in [-0.25, -0.2) is 0 Å². The summed E-state index contributed by atoms with van der Waals surface area (Å²) in [6.07, 6.45) is 6.26. The standard InChI is InChI=1S/C10H18N2O2/c1-9(13)12-6-5-11-8-10-4-2-3-7-14-10/h3,7,10-11H,2,4-6,8H2,1H3,(H,12,13). The van der Waals surface area contributed by atoms with E-state index in [0.29, 0.717) is 6.54 Å². The zero-order chi connectivity index (χ0) is 10.2. The van der Waals surface area contributed by atoms with Crippen molar-refractivity contribution in [1.82, 2.24) is 10.6 Å². The normalized spacial score (nSPS) is 20.2. The fraction of sp³-hybridized carbons (Fsp3) is 0.700. The van der Waals surface area contributed by atoms with Crippen molar-refractivity contribution in [3.63, 3.8) is 0 Å². The fourth-order valence-electron chi connectivity index (χ4n) is 1.33. The number of nitrogens with one attached hydrogen (secondary N) is 2. The van der Waals surface area contributed by atoms with E-state index in [1.807, 2.05) is 6.08 Å². The van der Waals surface area contributed by atoms with Crippen LogP contribution < -0.4 is 10.6 Å². The van der Waals surface area contributed by atoms with Gasteiger partial charge in [-0.15, -0.1) is 0 Å². The summed E-state index contributed by atoms with van der Waals surface area (Å²) in [7, 11) is 0. The predicted molar refractivity (Wildman–Crippen MR) is 54.8 cm³/mol. The van der Waals surface area contributed by atoms with Gasteiger partial charge in [-0.1, -0.05) is 0 Å². The third-order valence-electron chi connectivity index (χ3n) is 2.07. The van der Waals surface area contributed by atoms with E-state index < -0.39 is 0 Å². The fourth-order valence-corrected chi connectivity index (χ4v) is 1.33. The van der Waals surface area contributed by atoms with Gasteiger partial charge in [-0.05, 0) is 18.9 Å². The molecule has 0 aromatic heterocycles. The second-order valence-corrected chi connectivity index (χ2v) is 3.39. The number of carbonyl (C=O) groups excluding carboxylic acids is 1. The van der Waals surface area contributed by atoms with Gasteiger partial charge in [0.2, 0.25) is 5.91 Å². The van der Waals surface area contributed by atoms with Crippen LogP contribution in [0.1, 0.15) is 19.8 Å². The highest BCUT2D eigenvalue weighted by atomic mass is 16.5. The first-order chi connectivity index (χ1) is 6.79. The Balaban J connectivity index is 1.93. The van der Waals surface area contributed by atoms with Crippen LogP contribution in [0.4, 0.5) is 0 Å². The van der Waals surface area contributed by atoms with Crippen molar-refractivity contribution in [2.24, 2.45) is 0 Å². The molecule has 0 aromatic carbocycles. The maximum Gasteiger partial charge on any atom is 0.216 e. The lowest BCUT2D eigenvalue weighted by molar-refractivity contribution is -0.118. The molecule has 0 aromatic rings. The molecule has 1 aliphatic rings. The minimum atomic E-state index is 0.0173. The molecular formula is C10H18N2O2. The molecule has 1 amide bonds. The van der Waals surface area contributed by atoms with Gasteiger partial charge in [0.25, 0.3) is 0 Å². The van der Waals surface area contributed by atoms with Crippen LogP contribution in [-0.2, 0) is 9.53 Å². The molecule has 0 bridgehead atoms. The minimum absolute atomic E-state index is 0.0173. The van der Waals surface area contributed by atoms with Gasteiger partial charge in [0, 0.05) is 26.6 Å². The van der Waals surface area contributed by atoms with E-state index in [4.69, 9.17) is 4.74 Å². The van der Waals surface area contributed by atoms with Crippen LogP contribution >= 0.6 is 0 Å². The molecule has 1 unspecified atom stereocenters. The first kappa shape index (κ1) is 11.0. The Morgan fingerprint density at radius 2 is 2.43 bits per heavy atom. The second-order valence-electron chi connectivity index (χ2n) is 3.39. The summed E-state index contributed by atoms with van der Waals surface area (Å²) in [5.74, 6) is 0.0173. The highest BCUT2D eigenvalue weighted by molar-refractivity contribution is 5.72. The minimum Gasteiger partial charge on any atom is -0.497 e. The number of hydrogen-bond donors (Lipinski definition) is 2. The van der Waals surface area contributed by atoms with Crippen molar-refractivity contribution in [3.05, 3.63) is 12.3 Å². The lowest BCUT2D eigenvalue weighted by Crippen LogP contribution is -2.35. The summed E-state index contributed by atoms with van der Waals surface area (Å²) in [6.45, 7) is 3.85. The summed E-state index contributed by atoms with van der Waals surface area (Å²) in [5, 5.41) is 5.96. The lowest BCUT2D eigenvalue weighted by Gasteiger charge is -2.19. The predicted octanol–water partition coefficient (Wildman–Crippen LogP) is 0.405. The third-order valence-corrected chi connectivity index (χ3v) is 2.07. The highest BCUT2D eigenvalue weighted by Gasteiger charge is 2.09. The van der Waals surface area contributed by atoms with E-state index in [0.717, 1.165) is 25.9 Å². The zero-order valence-corrected chi connectivity index (χ0v) is 8.58. The summed E-state index contributed by atoms with van der Waals surface area (Å²) in [6, 6.07) is 0. The Morgan fingerprint density at radius 1 is 1.57 bits per heavy atom. The molecule has 14 heavy (non-hydrogen) atoms. The summed E-state index contributed by atoms with van der Waals surface area (Å²) in [5.41, 5.74) is 0. The molecule has 0 saturated carbocycles. The average Bonchev–Trinajstić information content (AvgIpc) is 2.18. The number of hydrogen-bond acceptors (Lipinski definition) is 3. The van der Waals surface area contributed by atoms with Crippen molar-refractivity contribution in [2.45, 2.75) is 25.9 Å². The number of rotatable bonds is 5. The number of ether oxygens (including phenoxy) is 1. The summed E-state index contributed by atoms with van der Waals surface area (Å²) >= 11 is 0. The van der Waals surface area contributed by atoms with Gasteiger partial charge in [-0.3, -0.25) is 4.79 Å². The quantitative estimate of drug-likeness (QED) is 0.629. The van der Waals surface area contributed by atoms with Gasteiger partial charge in [0.15, 0.2) is 0 Å². The molecule has 0 radical (unpaired) electrons. The molecule has 0 saturated heterocycles. The van der Waals surface area contributed by atoms with Gasteiger partial charge in [0.05, 0.1) is 6.26 Å². The Morgan fingerprint density at radius 3 is 3.07 bits per heavy atom. The van der Waals surface area contributed by atoms with E-state index in [-0.39, 0.29) is 12.0 Å². The maximum atomic E-state index is 10.5. The number of carbonyl (C=O) groups is 1. The van der Waals surface area contributed by atoms with Crippen LogP contribution in [0, 0.1) is 0 Å². The third kappa shape index (κ3) is 4.87. The SMILES string of the molecule is CC(=O)NCCNCC1CCC=CO1. The largest absolute Gasteiger partial charge is 0.497 e. The topological polar surface area (TPSA) is 50.4 Å². The molecule has 80 valence electrons. The van der Waals surface area contributed by atoms with Gasteiger partial charge < -0.3 is 15.4 Å². The molecule has 1 heterocycles. The van der Waals surface area contributed by atoms with E-state index in [2.05, 4.69) is 10.6 Å². The zero-order valence-electron chi connectivity index (χ0n) is 8.58. The van der Waals surface area contributed by atoms with Crippen molar-refractivity contribution < 1.29 is 9.53 Å². The molecule has 0 aliphatic carbocycles. The highest BCUT2D eigenvalue weighted by Crippen LogP contribution is 2.08. The number of allylic oxidation sites excluding steroid dienone is 1. The van der Waals surface area contributed by atoms with Crippen LogP contribution in [0.15, 0.2) is 12.3 Å². The van der Waals surface area contributed by atoms with Crippen molar-refractivity contribution in [1.29, 1.82) is 0 Å². The van der Waals surface area contributed by atoms with E-state index in [1.165, 1.54) is 6.92 Å². The van der Waals surface area contributed by atoms with Gasteiger partial charge >= 0.3 is 0 Å². The average molecular weight is 198 g/mol. The van der Waals surface area contributed by atoms with Crippen molar-refractivity contribution in [2.75, 3.05) is 19.6 Å². The molecule has 4 heteroatoms. The van der Waals surface area contributed by atoms with Crippen LogP contribution in [0.3, 0.4) is 0 Å². The van der Waals surface area contributed by atoms with E-state index >= 15 is 0 Å². The Hall–Kier alpha value is -1.03. The lowest BCUT2D eigenvalue weighted by atomic mass is 10.1. The first-order valence-electron chi connectivity index (χ1n) is 5.04. The van der Waals surface area contributed by atoms with E-state index in [1.54, 1.807) is 6.26 Å². The Kier molecular flexibility index (Phi) is 5.07. The number of amides is 1. The molecule has 0 spiro atoms. The smallest absolute Gasteiger partial charge is 0.216 e. The van der Waals surface area contributed by atoms with Crippen LogP contribution in [0.25, 0.3) is 0 Å². The molecule has 1 aliphatic heterocycles. The Labute approximate surface area is 84.7 Å². The van der Waals surface area contributed by atoms with Crippen LogP contribution in [-0.4, -0.2) is 31.6 Å². The molecule has 1 rings (SSSR count). The molecule has 1 atom stereocenters. The van der Waals surface area contributed by atoms with Gasteiger partial charge in [-0.2, -0.15) is 0 Å². The van der Waals surface area contributed by atoms with Crippen LogP contribution in [0.5, 0.6) is 0 Å². The van der Waals surface area contributed by atoms with Crippen molar-refractivity contribution >= 4 is 5.91 Å². The van der Waals surface area contributed by atoms with E-state index in [9.17, 15) is 4.79 Å². The maximum absolute atomic E-state index is 10.5. The monoisotopic (exact) mass is 198 g/mol. The molecule has 0 fully saturated rings. The summed E-state index contributed by atoms with van der Waals surface area (Å²) < 4.78 is 5.38. The molecule has 2 N–H and O–H groups in total. The first-order valence-corrected chi connectivity index (χ1v) is 5.04. The van der Waals surface area contributed by atoms with Crippen molar-refractivity contribution in [3.8, 4) is 0 Å². The Bertz CT molecular complexity index is 204. The van der Waals surface area contributed by atoms with Gasteiger partial charge in [0.1, 0.15) is 6.10 Å². The summed E-state index contributed by atoms with van der Waals surface area (Å²) in [4.78, 5) is 10.5. The second kappa shape index (κ2) is 6.43. The molecular weight excluding hydrogens is 180 g/mol.